The summed E-state index contributed by atoms with van der Waals surface area (Å²) < 4.78 is 6.94. The van der Waals surface area contributed by atoms with Gasteiger partial charge in [0.1, 0.15) is 6.96 Å². The normalized spacial score (nSPS) is 10.4. The van der Waals surface area contributed by atoms with Crippen LogP contribution < -0.4 is 0 Å². The molecule has 0 saturated heterocycles. The van der Waals surface area contributed by atoms with E-state index in [1.165, 1.54) is 0 Å². The van der Waals surface area contributed by atoms with Crippen LogP contribution in [0.25, 0.3) is 0 Å². The average Bonchev–Trinajstić information content (AvgIpc) is 1.35. The highest BCUT2D eigenvalue weighted by molar-refractivity contribution is 7.55. The topological polar surface area (TPSA) is 0 Å². The highest BCUT2D eigenvalue weighted by atomic mass is 31.0. The van der Waals surface area contributed by atoms with E-state index < -0.39 is 0 Å². The predicted octanol–water partition coefficient (Wildman–Crippen LogP) is 1.04. The summed E-state index contributed by atoms with van der Waals surface area (Å²) in [5.74, 6) is 0. The van der Waals surface area contributed by atoms with Gasteiger partial charge in [-0.25, -0.2) is 0 Å². The molecule has 0 rings (SSSR count). The zero-order valence-corrected chi connectivity index (χ0v) is 4.72. The van der Waals surface area contributed by atoms with Crippen LogP contribution in [0.15, 0.2) is 0 Å². The summed E-state index contributed by atoms with van der Waals surface area (Å²) in [6, 6.07) is 0. The van der Waals surface area contributed by atoms with Crippen molar-refractivity contribution >= 4 is 16.1 Å². The molecule has 0 fully saturated rings. The average molecular weight is 89.9 g/mol. The molecule has 0 aliphatic carbocycles. The van der Waals surface area contributed by atoms with E-state index in [2.05, 4.69) is 16.0 Å². The molecule has 1 atom stereocenters. The van der Waals surface area contributed by atoms with Crippen LogP contribution in [0.5, 0.6) is 0 Å². The fraction of sp³-hybridized carbons (Fsp3) is 1.00. The summed E-state index contributed by atoms with van der Waals surface area (Å²) in [6.07, 6.45) is 2.13. The minimum Gasteiger partial charge on any atom is -0.175 e. The molecule has 0 heterocycles. The van der Waals surface area contributed by atoms with Crippen molar-refractivity contribution in [1.29, 1.82) is 1.34 Å². The predicted molar refractivity (Wildman–Crippen MR) is 32.0 cm³/mol. The fourth-order valence-corrected chi connectivity index (χ4v) is 0.500. The van der Waals surface area contributed by atoms with Crippen LogP contribution in [0.4, 0.5) is 0 Å². The van der Waals surface area contributed by atoms with Crippen LogP contribution in [0.2, 0.25) is 6.32 Å². The van der Waals surface area contributed by atoms with Gasteiger partial charge in [-0.05, 0) is 1.34 Å². The van der Waals surface area contributed by atoms with Crippen LogP contribution in [-0.2, 0) is 0 Å². The van der Waals surface area contributed by atoms with Crippen LogP contribution in [0.1, 0.15) is 13.3 Å². The molecule has 0 N–H and O–H groups in total. The molecular formula is C3H10BP. The smallest absolute Gasteiger partial charge is 0.144 e. The van der Waals surface area contributed by atoms with Crippen molar-refractivity contribution in [2.24, 2.45) is 0 Å². The van der Waals surface area contributed by atoms with E-state index in [0.717, 1.165) is 12.7 Å². The standard InChI is InChI=1S/C3H10BP/c1-2-3-4-5/h4H,2-3,5H2,1H3/i4T. The summed E-state index contributed by atoms with van der Waals surface area (Å²) >= 11 is 0. The second-order valence-corrected chi connectivity index (χ2v) is 1.50. The maximum atomic E-state index is 6.94. The third kappa shape index (κ3) is 4.49. The molecule has 0 aliphatic rings. The van der Waals surface area contributed by atoms with Crippen molar-refractivity contribution in [2.75, 3.05) is 0 Å². The molecule has 0 nitrogen and oxygen atoms in total. The van der Waals surface area contributed by atoms with Crippen molar-refractivity contribution in [3.05, 3.63) is 0 Å². The lowest BCUT2D eigenvalue weighted by atomic mass is 10.0. The van der Waals surface area contributed by atoms with E-state index in [1.807, 2.05) is 0 Å². The van der Waals surface area contributed by atoms with E-state index in [9.17, 15) is 0 Å². The largest absolute Gasteiger partial charge is 0.175 e. The Balaban J connectivity index is 2.63. The van der Waals surface area contributed by atoms with Crippen molar-refractivity contribution in [3.63, 3.8) is 0 Å². The maximum Gasteiger partial charge on any atom is 0.144 e. The summed E-state index contributed by atoms with van der Waals surface area (Å²) in [7, 11) is 2.45. The van der Waals surface area contributed by atoms with Crippen molar-refractivity contribution in [3.8, 4) is 0 Å². The molecule has 0 radical (unpaired) electrons. The summed E-state index contributed by atoms with van der Waals surface area (Å²) in [6.45, 7) is 2.15. The molecule has 5 heavy (non-hydrogen) atoms. The van der Waals surface area contributed by atoms with Gasteiger partial charge in [0.25, 0.3) is 0 Å². The van der Waals surface area contributed by atoms with Gasteiger partial charge in [-0.15, -0.1) is 0 Å². The zero-order valence-electron chi connectivity index (χ0n) is 4.57. The Morgan fingerprint density at radius 1 is 2.20 bits per heavy atom. The van der Waals surface area contributed by atoms with E-state index in [1.54, 1.807) is 0 Å². The number of hydrogen-bond donors (Lipinski definition) is 0. The minimum atomic E-state index is 0.0648. The highest BCUT2D eigenvalue weighted by Crippen LogP contribution is 1.88. The first kappa shape index (κ1) is 3.68. The molecule has 0 bridgehead atoms. The highest BCUT2D eigenvalue weighted by Gasteiger charge is 1.71. The molecule has 1 unspecified atom stereocenters. The van der Waals surface area contributed by atoms with Crippen LogP contribution in [0, 0.1) is 0 Å². The van der Waals surface area contributed by atoms with Crippen molar-refractivity contribution < 1.29 is 0 Å². The summed E-state index contributed by atoms with van der Waals surface area (Å²) in [5.41, 5.74) is 0. The monoisotopic (exact) mass is 90.1 g/mol. The minimum absolute atomic E-state index is 0.0648. The second-order valence-electron chi connectivity index (χ2n) is 1.02. The third-order valence-corrected chi connectivity index (χ3v) is 0.789. The summed E-state index contributed by atoms with van der Waals surface area (Å²) in [4.78, 5) is 0. The van der Waals surface area contributed by atoms with Crippen LogP contribution in [0.3, 0.4) is 0 Å². The quantitative estimate of drug-likeness (QED) is 0.351. The molecule has 0 aromatic heterocycles. The van der Waals surface area contributed by atoms with Crippen molar-refractivity contribution in [1.82, 2.24) is 0 Å². The Labute approximate surface area is 38.1 Å². The van der Waals surface area contributed by atoms with Crippen LogP contribution in [-0.4, -0.2) is 8.30 Å². The van der Waals surface area contributed by atoms with Crippen LogP contribution >= 0.6 is 9.12 Å². The molecule has 0 aromatic carbocycles. The molecule has 0 spiro atoms. The Bertz CT molecular complexity index is 32.0. The molecule has 30 valence electrons. The fourth-order valence-electron chi connectivity index (χ4n) is 0.167. The lowest BCUT2D eigenvalue weighted by molar-refractivity contribution is 1.08. The molecular weight excluding hydrogens is 77.8 g/mol. The second kappa shape index (κ2) is 4.49. The Kier molecular flexibility index (Phi) is 3.31. The summed E-state index contributed by atoms with van der Waals surface area (Å²) in [5, 5.41) is 0. The van der Waals surface area contributed by atoms with Gasteiger partial charge < -0.3 is 0 Å². The zero-order chi connectivity index (χ0) is 4.99. The first-order valence-corrected chi connectivity index (χ1v) is 2.62. The molecule has 2 heteroatoms. The first-order chi connectivity index (χ1) is 2.77. The van der Waals surface area contributed by atoms with Gasteiger partial charge in [0.05, 0.1) is 0 Å². The molecule has 0 aromatic rings. The van der Waals surface area contributed by atoms with Gasteiger partial charge in [0.2, 0.25) is 0 Å². The van der Waals surface area contributed by atoms with Gasteiger partial charge in [-0.1, -0.05) is 19.7 Å². The number of hydrogen-bond acceptors (Lipinski definition) is 0. The Morgan fingerprint density at radius 2 is 2.80 bits per heavy atom. The Hall–Kier alpha value is 0.495. The lowest BCUT2D eigenvalue weighted by Crippen LogP contribution is -1.68. The molecule has 0 amide bonds. The lowest BCUT2D eigenvalue weighted by Gasteiger charge is -1.76. The molecule has 0 saturated carbocycles. The Morgan fingerprint density at radius 3 is 2.80 bits per heavy atom. The molecule has 0 aliphatic heterocycles. The van der Waals surface area contributed by atoms with Gasteiger partial charge in [-0.2, -0.15) is 9.12 Å². The third-order valence-electron chi connectivity index (χ3n) is 0.455. The first-order valence-electron chi connectivity index (χ1n) is 2.53. The van der Waals surface area contributed by atoms with Gasteiger partial charge in [0.15, 0.2) is 0 Å². The van der Waals surface area contributed by atoms with E-state index in [4.69, 9.17) is 1.34 Å². The van der Waals surface area contributed by atoms with Gasteiger partial charge in [-0.3, -0.25) is 0 Å². The van der Waals surface area contributed by atoms with E-state index in [0.29, 0.717) is 0 Å². The van der Waals surface area contributed by atoms with Crippen molar-refractivity contribution in [2.45, 2.75) is 19.7 Å². The van der Waals surface area contributed by atoms with Gasteiger partial charge in [0, 0.05) is 0 Å². The van der Waals surface area contributed by atoms with E-state index in [-0.39, 0.29) is 6.96 Å². The van der Waals surface area contributed by atoms with E-state index >= 15 is 0 Å². The van der Waals surface area contributed by atoms with Gasteiger partial charge >= 0.3 is 0 Å². The maximum absolute atomic E-state index is 6.94. The SMILES string of the molecule is [3H]B(P)CCC. The number of rotatable bonds is 2.